The first-order chi connectivity index (χ1) is 9.52. The molecule has 0 saturated carbocycles. The van der Waals surface area contributed by atoms with Crippen molar-refractivity contribution in [1.82, 2.24) is 0 Å². The van der Waals surface area contributed by atoms with E-state index in [4.69, 9.17) is 10.5 Å². The average molecular weight is 339 g/mol. The molecule has 3 N–H and O–H groups in total. The van der Waals surface area contributed by atoms with Crippen LogP contribution in [0.1, 0.15) is 10.4 Å². The van der Waals surface area contributed by atoms with Crippen molar-refractivity contribution in [3.05, 3.63) is 52.3 Å². The third-order valence-corrected chi connectivity index (χ3v) is 3.32. The van der Waals surface area contributed by atoms with Gasteiger partial charge in [0.15, 0.2) is 0 Å². The predicted molar refractivity (Wildman–Crippen MR) is 79.5 cm³/mol. The van der Waals surface area contributed by atoms with Crippen LogP contribution in [0.15, 0.2) is 40.9 Å². The molecule has 0 aromatic heterocycles. The second-order valence-electron chi connectivity index (χ2n) is 4.01. The highest BCUT2D eigenvalue weighted by Gasteiger charge is 2.15. The van der Waals surface area contributed by atoms with E-state index in [-0.39, 0.29) is 10.0 Å². The van der Waals surface area contributed by atoms with Gasteiger partial charge in [0.1, 0.15) is 11.6 Å². The minimum atomic E-state index is -0.614. The van der Waals surface area contributed by atoms with Gasteiger partial charge < -0.3 is 15.8 Å². The molecule has 0 atom stereocenters. The summed E-state index contributed by atoms with van der Waals surface area (Å²) in [5.74, 6) is -0.605. The topological polar surface area (TPSA) is 64.3 Å². The number of hydrogen-bond donors (Lipinski definition) is 2. The fraction of sp³-hybridized carbons (Fsp3) is 0.0714. The number of nitrogens with two attached hydrogens (primary N) is 1. The Bertz CT molecular complexity index is 662. The molecule has 1 amide bonds. The second kappa shape index (κ2) is 5.92. The lowest BCUT2D eigenvalue weighted by Gasteiger charge is -2.10. The molecular weight excluding hydrogens is 327 g/mol. The molecule has 4 nitrogen and oxygen atoms in total. The van der Waals surface area contributed by atoms with Gasteiger partial charge in [-0.1, -0.05) is 6.07 Å². The summed E-state index contributed by atoms with van der Waals surface area (Å²) in [5.41, 5.74) is 6.47. The number of rotatable bonds is 3. The molecule has 0 radical (unpaired) electrons. The van der Waals surface area contributed by atoms with Gasteiger partial charge in [0.25, 0.3) is 5.91 Å². The van der Waals surface area contributed by atoms with Gasteiger partial charge in [-0.05, 0) is 40.2 Å². The Morgan fingerprint density at radius 3 is 2.75 bits per heavy atom. The molecule has 0 heterocycles. The molecule has 0 aliphatic carbocycles. The van der Waals surface area contributed by atoms with Crippen LogP contribution in [-0.4, -0.2) is 13.0 Å². The summed E-state index contributed by atoms with van der Waals surface area (Å²) in [6.45, 7) is 0. The van der Waals surface area contributed by atoms with Gasteiger partial charge >= 0.3 is 0 Å². The van der Waals surface area contributed by atoms with Crippen LogP contribution < -0.4 is 15.8 Å². The summed E-state index contributed by atoms with van der Waals surface area (Å²) in [5, 5.41) is 2.57. The van der Waals surface area contributed by atoms with Crippen molar-refractivity contribution in [1.29, 1.82) is 0 Å². The summed E-state index contributed by atoms with van der Waals surface area (Å²) >= 11 is 3.04. The third kappa shape index (κ3) is 2.91. The molecule has 0 aliphatic rings. The van der Waals surface area contributed by atoms with E-state index in [0.29, 0.717) is 17.1 Å². The number of amides is 1. The zero-order valence-electron chi connectivity index (χ0n) is 10.6. The van der Waals surface area contributed by atoms with E-state index in [2.05, 4.69) is 21.2 Å². The van der Waals surface area contributed by atoms with Crippen LogP contribution in [0.2, 0.25) is 0 Å². The maximum absolute atomic E-state index is 13.8. The van der Waals surface area contributed by atoms with Gasteiger partial charge in [0, 0.05) is 6.07 Å². The van der Waals surface area contributed by atoms with E-state index in [1.807, 2.05) is 0 Å². The van der Waals surface area contributed by atoms with Crippen LogP contribution in [0.4, 0.5) is 15.8 Å². The molecule has 2 aromatic carbocycles. The third-order valence-electron chi connectivity index (χ3n) is 2.70. The van der Waals surface area contributed by atoms with Gasteiger partial charge in [0.05, 0.1) is 28.5 Å². The van der Waals surface area contributed by atoms with E-state index >= 15 is 0 Å². The summed E-state index contributed by atoms with van der Waals surface area (Å²) < 4.78 is 19.1. The van der Waals surface area contributed by atoms with Crippen molar-refractivity contribution in [3.63, 3.8) is 0 Å². The Labute approximate surface area is 123 Å². The lowest BCUT2D eigenvalue weighted by Crippen LogP contribution is -2.15. The summed E-state index contributed by atoms with van der Waals surface area (Å²) in [6.07, 6.45) is 0. The smallest absolute Gasteiger partial charge is 0.258 e. The number of halogens is 2. The standard InChI is InChI=1S/C14H12BrFN2O2/c1-20-8-5-6-12(11(17)7-8)18-14(19)9-3-2-4-10(15)13(9)16/h2-7H,17H2,1H3,(H,18,19). The quantitative estimate of drug-likeness (QED) is 0.842. The first kappa shape index (κ1) is 14.3. The molecule has 2 aromatic rings. The number of ether oxygens (including phenoxy) is 1. The highest BCUT2D eigenvalue weighted by molar-refractivity contribution is 9.10. The van der Waals surface area contributed by atoms with Crippen LogP contribution in [0, 0.1) is 5.82 Å². The number of benzene rings is 2. The van der Waals surface area contributed by atoms with Crippen LogP contribution in [0.25, 0.3) is 0 Å². The molecule has 0 saturated heterocycles. The summed E-state index contributed by atoms with van der Waals surface area (Å²) in [6, 6.07) is 9.33. The number of carbonyl (C=O) groups is 1. The van der Waals surface area contributed by atoms with E-state index < -0.39 is 11.7 Å². The van der Waals surface area contributed by atoms with Gasteiger partial charge in [0.2, 0.25) is 0 Å². The number of carbonyl (C=O) groups excluding carboxylic acids is 1. The van der Waals surface area contributed by atoms with Crippen molar-refractivity contribution in [2.24, 2.45) is 0 Å². The van der Waals surface area contributed by atoms with Gasteiger partial charge in [-0.25, -0.2) is 4.39 Å². The van der Waals surface area contributed by atoms with Crippen molar-refractivity contribution in [2.75, 3.05) is 18.2 Å². The number of nitrogen functional groups attached to an aromatic ring is 1. The zero-order chi connectivity index (χ0) is 14.7. The number of nitrogens with one attached hydrogen (secondary N) is 1. The number of anilines is 2. The molecule has 2 rings (SSSR count). The van der Waals surface area contributed by atoms with E-state index in [1.54, 1.807) is 24.3 Å². The SMILES string of the molecule is COc1ccc(NC(=O)c2cccc(Br)c2F)c(N)c1. The fourth-order valence-corrected chi connectivity index (χ4v) is 2.02. The maximum Gasteiger partial charge on any atom is 0.258 e. The minimum Gasteiger partial charge on any atom is -0.497 e. The van der Waals surface area contributed by atoms with Crippen LogP contribution in [-0.2, 0) is 0 Å². The Morgan fingerprint density at radius 2 is 2.10 bits per heavy atom. The van der Waals surface area contributed by atoms with Crippen molar-refractivity contribution < 1.29 is 13.9 Å². The fourth-order valence-electron chi connectivity index (χ4n) is 1.65. The molecule has 0 bridgehead atoms. The lowest BCUT2D eigenvalue weighted by molar-refractivity contribution is 0.102. The predicted octanol–water partition coefficient (Wildman–Crippen LogP) is 3.43. The molecule has 0 aliphatic heterocycles. The van der Waals surface area contributed by atoms with E-state index in [0.717, 1.165) is 0 Å². The Balaban J connectivity index is 2.26. The van der Waals surface area contributed by atoms with Gasteiger partial charge in [-0.2, -0.15) is 0 Å². The molecule has 0 unspecified atom stereocenters. The first-order valence-electron chi connectivity index (χ1n) is 5.72. The lowest BCUT2D eigenvalue weighted by atomic mass is 10.2. The van der Waals surface area contributed by atoms with Gasteiger partial charge in [-0.3, -0.25) is 4.79 Å². The van der Waals surface area contributed by atoms with Gasteiger partial charge in [-0.15, -0.1) is 0 Å². The highest BCUT2D eigenvalue weighted by atomic mass is 79.9. The molecule has 20 heavy (non-hydrogen) atoms. The van der Waals surface area contributed by atoms with E-state index in [1.165, 1.54) is 19.2 Å². The second-order valence-corrected chi connectivity index (χ2v) is 4.86. The van der Waals surface area contributed by atoms with Crippen molar-refractivity contribution >= 4 is 33.2 Å². The minimum absolute atomic E-state index is 0.0606. The Hall–Kier alpha value is -2.08. The van der Waals surface area contributed by atoms with Crippen molar-refractivity contribution in [3.8, 4) is 5.75 Å². The summed E-state index contributed by atoms with van der Waals surface area (Å²) in [7, 11) is 1.52. The van der Waals surface area contributed by atoms with Crippen molar-refractivity contribution in [2.45, 2.75) is 0 Å². The molecule has 6 heteroatoms. The number of hydrogen-bond acceptors (Lipinski definition) is 3. The highest BCUT2D eigenvalue weighted by Crippen LogP contribution is 2.25. The maximum atomic E-state index is 13.8. The largest absolute Gasteiger partial charge is 0.497 e. The van der Waals surface area contributed by atoms with Crippen LogP contribution in [0.5, 0.6) is 5.75 Å². The van der Waals surface area contributed by atoms with E-state index in [9.17, 15) is 9.18 Å². The van der Waals surface area contributed by atoms with Crippen LogP contribution >= 0.6 is 15.9 Å². The van der Waals surface area contributed by atoms with Crippen LogP contribution in [0.3, 0.4) is 0 Å². The number of methoxy groups -OCH3 is 1. The monoisotopic (exact) mass is 338 g/mol. The molecule has 0 fully saturated rings. The first-order valence-corrected chi connectivity index (χ1v) is 6.51. The average Bonchev–Trinajstić information content (AvgIpc) is 2.44. The molecule has 0 spiro atoms. The normalized spacial score (nSPS) is 10.2. The molecular formula is C14H12BrFN2O2. The molecule has 104 valence electrons. The Kier molecular flexibility index (Phi) is 4.24. The summed E-state index contributed by atoms with van der Waals surface area (Å²) in [4.78, 5) is 12.0. The zero-order valence-corrected chi connectivity index (χ0v) is 12.2. The Morgan fingerprint density at radius 1 is 1.35 bits per heavy atom.